The van der Waals surface area contributed by atoms with E-state index in [2.05, 4.69) is 244 Å². The smallest absolute Gasteiger partial charge is 0.0000928 e. The number of fused-ring (bicyclic) bond motifs is 11. The van der Waals surface area contributed by atoms with E-state index in [1.807, 2.05) is 0 Å². The second-order valence-corrected chi connectivity index (χ2v) is 21.7. The van der Waals surface area contributed by atoms with E-state index in [4.69, 9.17) is 0 Å². The predicted molar refractivity (Wildman–Crippen MR) is 330 cm³/mol. The highest BCUT2D eigenvalue weighted by molar-refractivity contribution is 6.51. The first kappa shape index (κ1) is 40.8. The minimum atomic E-state index is 1.22. The molecule has 0 heterocycles. The van der Waals surface area contributed by atoms with Gasteiger partial charge in [-0.2, -0.15) is 0 Å². The van der Waals surface area contributed by atoms with Gasteiger partial charge in [0.25, 0.3) is 0 Å². The number of rotatable bonds is 4. The highest BCUT2D eigenvalue weighted by Gasteiger charge is 2.33. The van der Waals surface area contributed by atoms with Gasteiger partial charge in [0.1, 0.15) is 0 Å². The van der Waals surface area contributed by atoms with Crippen LogP contribution in [-0.2, 0) is 0 Å². The average molecular weight is 957 g/mol. The minimum Gasteiger partial charge on any atom is -0.0622 e. The van der Waals surface area contributed by atoms with Gasteiger partial charge in [-0.1, -0.05) is 231 Å². The summed E-state index contributed by atoms with van der Waals surface area (Å²) in [6.07, 6.45) is 0. The summed E-state index contributed by atoms with van der Waals surface area (Å²) in [6.45, 7) is 4.59. The van der Waals surface area contributed by atoms with Crippen LogP contribution in [0.1, 0.15) is 11.1 Å². The van der Waals surface area contributed by atoms with Crippen LogP contribution < -0.4 is 0 Å². The molecule has 0 N–H and O–H groups in total. The second-order valence-electron chi connectivity index (χ2n) is 21.7. The molecule has 0 atom stereocenters. The molecule has 0 unspecified atom stereocenters. The summed E-state index contributed by atoms with van der Waals surface area (Å²) in [6, 6.07) is 88.3. The van der Waals surface area contributed by atoms with Gasteiger partial charge < -0.3 is 0 Å². The molecule has 0 aliphatic rings. The Morgan fingerprint density at radius 2 is 0.421 bits per heavy atom. The number of aryl methyl sites for hydroxylation is 2. The number of benzene rings is 16. The van der Waals surface area contributed by atoms with E-state index in [9.17, 15) is 0 Å². The molecule has 0 spiro atoms. The molecule has 0 aliphatic carbocycles. The molecule has 18 aromatic carbocycles. The normalized spacial score (nSPS) is 12.6. The van der Waals surface area contributed by atoms with Gasteiger partial charge >= 0.3 is 0 Å². The van der Waals surface area contributed by atoms with Crippen molar-refractivity contribution < 1.29 is 0 Å². The first-order chi connectivity index (χ1) is 37.6. The molecule has 0 radical (unpaired) electrons. The van der Waals surface area contributed by atoms with E-state index in [1.54, 1.807) is 0 Å². The van der Waals surface area contributed by atoms with Crippen LogP contribution in [0.3, 0.4) is 0 Å². The second kappa shape index (κ2) is 14.6. The zero-order chi connectivity index (χ0) is 49.7. The van der Waals surface area contributed by atoms with Gasteiger partial charge in [-0.05, 0) is 210 Å². The molecule has 0 aromatic heterocycles. The molecule has 18 rings (SSSR count). The van der Waals surface area contributed by atoms with Crippen LogP contribution in [0.4, 0.5) is 0 Å². The monoisotopic (exact) mass is 956 g/mol. The number of hydrogen-bond donors (Lipinski definition) is 0. The van der Waals surface area contributed by atoms with Gasteiger partial charge in [-0.25, -0.2) is 0 Å². The number of hydrogen-bond acceptors (Lipinski definition) is 0. The summed E-state index contributed by atoms with van der Waals surface area (Å²) in [5, 5.41) is 34.5. The van der Waals surface area contributed by atoms with Crippen molar-refractivity contribution in [3.05, 3.63) is 242 Å². The fraction of sp³-hybridized carbons (Fsp3) is 0.0263. The Kier molecular flexibility index (Phi) is 7.82. The molecule has 0 saturated heterocycles. The van der Waals surface area contributed by atoms with Gasteiger partial charge in [0.2, 0.25) is 0 Å². The molecular weight excluding hydrogens is 913 g/mol. The lowest BCUT2D eigenvalue weighted by Gasteiger charge is -2.24. The maximum absolute atomic E-state index is 2.49. The van der Waals surface area contributed by atoms with Crippen molar-refractivity contribution in [3.8, 4) is 44.5 Å². The van der Waals surface area contributed by atoms with Crippen molar-refractivity contribution >= 4 is 140 Å². The summed E-state index contributed by atoms with van der Waals surface area (Å²) in [4.78, 5) is 0. The summed E-state index contributed by atoms with van der Waals surface area (Å²) in [7, 11) is 0. The fourth-order valence-electron chi connectivity index (χ4n) is 15.2. The van der Waals surface area contributed by atoms with Crippen molar-refractivity contribution in [1.29, 1.82) is 0 Å². The zero-order valence-electron chi connectivity index (χ0n) is 41.9. The van der Waals surface area contributed by atoms with Crippen LogP contribution in [0.15, 0.2) is 231 Å². The van der Waals surface area contributed by atoms with Gasteiger partial charge in [-0.3, -0.25) is 0 Å². The largest absolute Gasteiger partial charge is 0.0622 e. The van der Waals surface area contributed by atoms with Gasteiger partial charge in [0.05, 0.1) is 0 Å². The lowest BCUT2D eigenvalue weighted by atomic mass is 9.78. The van der Waals surface area contributed by atoms with Crippen LogP contribution in [0.25, 0.3) is 185 Å². The van der Waals surface area contributed by atoms with Gasteiger partial charge in [0, 0.05) is 0 Å². The Labute approximate surface area is 437 Å². The lowest BCUT2D eigenvalue weighted by molar-refractivity contribution is 1.56. The van der Waals surface area contributed by atoms with Crippen LogP contribution in [-0.4, -0.2) is 0 Å². The van der Waals surface area contributed by atoms with E-state index >= 15 is 0 Å². The summed E-state index contributed by atoms with van der Waals surface area (Å²) < 4.78 is 0. The molecule has 0 fully saturated rings. The third-order valence-electron chi connectivity index (χ3n) is 18.0. The molecule has 0 heteroatoms. The van der Waals surface area contributed by atoms with Crippen LogP contribution in [0.5, 0.6) is 0 Å². The molecular formula is C76H44. The molecule has 76 heavy (non-hydrogen) atoms. The van der Waals surface area contributed by atoms with E-state index in [-0.39, 0.29) is 0 Å². The first-order valence-electron chi connectivity index (χ1n) is 26.8. The zero-order valence-corrected chi connectivity index (χ0v) is 41.9. The molecule has 0 nitrogen and oxygen atoms in total. The summed E-state index contributed by atoms with van der Waals surface area (Å²) >= 11 is 0. The Hall–Kier alpha value is -9.62. The quantitative estimate of drug-likeness (QED) is 0.122. The molecule has 0 saturated carbocycles. The van der Waals surface area contributed by atoms with Crippen LogP contribution >= 0.6 is 0 Å². The van der Waals surface area contributed by atoms with Crippen LogP contribution in [0.2, 0.25) is 0 Å². The van der Waals surface area contributed by atoms with Crippen molar-refractivity contribution in [3.63, 3.8) is 0 Å². The van der Waals surface area contributed by atoms with E-state index in [0.717, 1.165) is 0 Å². The van der Waals surface area contributed by atoms with E-state index in [0.29, 0.717) is 0 Å². The highest BCUT2D eigenvalue weighted by Crippen LogP contribution is 2.61. The van der Waals surface area contributed by atoms with Crippen LogP contribution in [0, 0.1) is 13.8 Å². The first-order valence-corrected chi connectivity index (χ1v) is 26.8. The SMILES string of the molecule is Cc1ccc2cccc3c4ccc5c6c(-c7ccccc7)c7c(-c8ccccc8)c8c9ccc%10c%11c(C)ccc%12cccc(c%13ccc(c8c(-c8ccccc8)c7c(-c7ccccc7)c6c6ccc(c1c23)c4c56)c9c%13%10)c%12%11. The molecule has 18 aromatic rings. The Morgan fingerprint density at radius 1 is 0.158 bits per heavy atom. The summed E-state index contributed by atoms with van der Waals surface area (Å²) in [5.41, 5.74) is 12.6. The van der Waals surface area contributed by atoms with Crippen molar-refractivity contribution in [2.75, 3.05) is 0 Å². The average Bonchev–Trinajstić information content (AvgIpc) is 4.21. The third kappa shape index (κ3) is 4.96. The third-order valence-corrected chi connectivity index (χ3v) is 18.0. The molecule has 348 valence electrons. The summed E-state index contributed by atoms with van der Waals surface area (Å²) in [5.74, 6) is 0. The molecule has 0 amide bonds. The maximum Gasteiger partial charge on any atom is -0.0000928 e. The fourth-order valence-corrected chi connectivity index (χ4v) is 15.2. The standard InChI is InChI=1S/C76H44/c1-41-29-31-47-25-15-27-49-51-33-35-55-69-57(39-37-53(67(51)69)59(41)61(47)49)73-65(45-21-11-5-12-22-45)76-64(44-19-9-4-10-20-44)72-56-36-34-52-50-28-16-26-48-32-30-42(2)60(62(48)50)54-38-40-58(70(56)68(52)54)74(72)66(46-23-13-6-14-24-46)75(76)63(71(55)73)43-17-7-3-8-18-43/h3-40H,1-2H3. The van der Waals surface area contributed by atoms with E-state index in [1.165, 1.54) is 196 Å². The Bertz CT molecular complexity index is 4980. The van der Waals surface area contributed by atoms with Crippen molar-refractivity contribution in [2.24, 2.45) is 0 Å². The lowest BCUT2D eigenvalue weighted by Crippen LogP contribution is -1.96. The Morgan fingerprint density at radius 3 is 0.737 bits per heavy atom. The Balaban J connectivity index is 1.18. The minimum absolute atomic E-state index is 1.22. The predicted octanol–water partition coefficient (Wildman–Crippen LogP) is 21.7. The topological polar surface area (TPSA) is 0 Å². The maximum atomic E-state index is 2.49. The molecule has 0 aliphatic heterocycles. The van der Waals surface area contributed by atoms with Crippen molar-refractivity contribution in [1.82, 2.24) is 0 Å². The highest BCUT2D eigenvalue weighted by atomic mass is 14.3. The van der Waals surface area contributed by atoms with Crippen molar-refractivity contribution in [2.45, 2.75) is 13.8 Å². The van der Waals surface area contributed by atoms with Gasteiger partial charge in [0.15, 0.2) is 0 Å². The van der Waals surface area contributed by atoms with E-state index < -0.39 is 0 Å². The van der Waals surface area contributed by atoms with Gasteiger partial charge in [-0.15, -0.1) is 0 Å². The molecule has 0 bridgehead atoms.